The summed E-state index contributed by atoms with van der Waals surface area (Å²) in [6.07, 6.45) is 3.84. The fraction of sp³-hybridized carbons (Fsp3) is 0.533. The van der Waals surface area contributed by atoms with Crippen LogP contribution in [0.2, 0.25) is 5.02 Å². The van der Waals surface area contributed by atoms with E-state index in [2.05, 4.69) is 5.32 Å². The number of halogens is 1. The molecule has 1 aliphatic rings. The standard InChI is InChI=1S/C15H21ClN2O2/c1-18(12-8-6-11(10-19)7-9-12)15(20)17-14-5-3-2-4-13(14)16/h2-5,11-12,19H,6-10H2,1H3,(H,17,20). The first-order valence-electron chi connectivity index (χ1n) is 7.01. The monoisotopic (exact) mass is 296 g/mol. The lowest BCUT2D eigenvalue weighted by Crippen LogP contribution is -2.42. The molecule has 0 atom stereocenters. The minimum absolute atomic E-state index is 0.134. The number of hydrogen-bond acceptors (Lipinski definition) is 2. The zero-order valence-corrected chi connectivity index (χ0v) is 12.4. The van der Waals surface area contributed by atoms with Crippen molar-refractivity contribution in [2.24, 2.45) is 5.92 Å². The Kier molecular flexibility index (Phi) is 5.26. The molecule has 5 heteroatoms. The normalized spacial score (nSPS) is 22.4. The summed E-state index contributed by atoms with van der Waals surface area (Å²) in [5, 5.41) is 12.5. The third-order valence-corrected chi connectivity index (χ3v) is 4.39. The van der Waals surface area contributed by atoms with Crippen LogP contribution in [0.5, 0.6) is 0 Å². The number of carbonyl (C=O) groups is 1. The summed E-state index contributed by atoms with van der Waals surface area (Å²) in [6, 6.07) is 7.32. The van der Waals surface area contributed by atoms with Gasteiger partial charge in [0.2, 0.25) is 0 Å². The van der Waals surface area contributed by atoms with E-state index < -0.39 is 0 Å². The van der Waals surface area contributed by atoms with Gasteiger partial charge in [-0.05, 0) is 43.7 Å². The Balaban J connectivity index is 1.91. The van der Waals surface area contributed by atoms with Crippen LogP contribution in [0.15, 0.2) is 24.3 Å². The molecule has 0 radical (unpaired) electrons. The number of aliphatic hydroxyl groups is 1. The van der Waals surface area contributed by atoms with E-state index in [1.807, 2.05) is 19.2 Å². The lowest BCUT2D eigenvalue weighted by molar-refractivity contribution is 0.139. The van der Waals surface area contributed by atoms with Gasteiger partial charge in [0.1, 0.15) is 0 Å². The topological polar surface area (TPSA) is 52.6 Å². The van der Waals surface area contributed by atoms with Gasteiger partial charge in [-0.15, -0.1) is 0 Å². The summed E-state index contributed by atoms with van der Waals surface area (Å²) >= 11 is 6.04. The molecule has 20 heavy (non-hydrogen) atoms. The van der Waals surface area contributed by atoms with Crippen molar-refractivity contribution in [3.05, 3.63) is 29.3 Å². The molecule has 1 aliphatic carbocycles. The van der Waals surface area contributed by atoms with Crippen molar-refractivity contribution in [3.63, 3.8) is 0 Å². The van der Waals surface area contributed by atoms with Crippen LogP contribution >= 0.6 is 11.6 Å². The number of nitrogens with zero attached hydrogens (tertiary/aromatic N) is 1. The Morgan fingerprint density at radius 3 is 2.60 bits per heavy atom. The van der Waals surface area contributed by atoms with E-state index in [9.17, 15) is 4.79 Å². The summed E-state index contributed by atoms with van der Waals surface area (Å²) < 4.78 is 0. The predicted molar refractivity (Wildman–Crippen MR) is 81.1 cm³/mol. The molecule has 2 N–H and O–H groups in total. The lowest BCUT2D eigenvalue weighted by Gasteiger charge is -2.34. The minimum Gasteiger partial charge on any atom is -0.396 e. The van der Waals surface area contributed by atoms with Crippen molar-refractivity contribution < 1.29 is 9.90 Å². The molecule has 110 valence electrons. The number of carbonyl (C=O) groups excluding carboxylic acids is 1. The van der Waals surface area contributed by atoms with E-state index in [1.165, 1.54) is 0 Å². The van der Waals surface area contributed by atoms with Gasteiger partial charge in [-0.2, -0.15) is 0 Å². The number of amides is 2. The Hall–Kier alpha value is -1.26. The summed E-state index contributed by atoms with van der Waals surface area (Å²) in [6.45, 7) is 0.252. The zero-order valence-electron chi connectivity index (χ0n) is 11.7. The molecular formula is C15H21ClN2O2. The quantitative estimate of drug-likeness (QED) is 0.898. The van der Waals surface area contributed by atoms with Gasteiger partial charge in [0, 0.05) is 19.7 Å². The highest BCUT2D eigenvalue weighted by Gasteiger charge is 2.26. The third-order valence-electron chi connectivity index (χ3n) is 4.06. The number of anilines is 1. The molecule has 1 saturated carbocycles. The molecule has 0 heterocycles. The fourth-order valence-corrected chi connectivity index (χ4v) is 2.83. The van der Waals surface area contributed by atoms with E-state index in [-0.39, 0.29) is 18.7 Å². The number of urea groups is 1. The van der Waals surface area contributed by atoms with Crippen LogP contribution in [0.25, 0.3) is 0 Å². The number of aliphatic hydroxyl groups excluding tert-OH is 1. The Morgan fingerprint density at radius 1 is 1.35 bits per heavy atom. The molecule has 4 nitrogen and oxygen atoms in total. The average Bonchev–Trinajstić information content (AvgIpc) is 2.49. The Morgan fingerprint density at radius 2 is 2.00 bits per heavy atom. The van der Waals surface area contributed by atoms with Gasteiger partial charge in [-0.1, -0.05) is 23.7 Å². The van der Waals surface area contributed by atoms with Crippen LogP contribution in [0.4, 0.5) is 10.5 Å². The summed E-state index contributed by atoms with van der Waals surface area (Å²) in [5.74, 6) is 0.395. The van der Waals surface area contributed by atoms with Gasteiger partial charge in [0.25, 0.3) is 0 Å². The highest BCUT2D eigenvalue weighted by Crippen LogP contribution is 2.27. The maximum atomic E-state index is 12.2. The molecule has 0 aliphatic heterocycles. The van der Waals surface area contributed by atoms with Gasteiger partial charge in [-0.3, -0.25) is 0 Å². The van der Waals surface area contributed by atoms with E-state index in [0.717, 1.165) is 25.7 Å². The van der Waals surface area contributed by atoms with Crippen molar-refractivity contribution in [3.8, 4) is 0 Å². The maximum absolute atomic E-state index is 12.2. The number of hydrogen-bond donors (Lipinski definition) is 2. The first kappa shape index (κ1) is 15.1. The third kappa shape index (κ3) is 3.64. The van der Waals surface area contributed by atoms with Gasteiger partial charge in [-0.25, -0.2) is 4.79 Å². The molecule has 0 saturated heterocycles. The Bertz CT molecular complexity index is 459. The average molecular weight is 297 g/mol. The summed E-state index contributed by atoms with van der Waals surface area (Å²) in [5.41, 5.74) is 0.634. The molecule has 0 bridgehead atoms. The van der Waals surface area contributed by atoms with Gasteiger partial charge >= 0.3 is 6.03 Å². The van der Waals surface area contributed by atoms with E-state index in [0.29, 0.717) is 16.6 Å². The maximum Gasteiger partial charge on any atom is 0.321 e. The Labute approximate surface area is 124 Å². The molecule has 1 fully saturated rings. The molecule has 2 amide bonds. The lowest BCUT2D eigenvalue weighted by atomic mass is 9.86. The van der Waals surface area contributed by atoms with Crippen molar-refractivity contribution in [1.29, 1.82) is 0 Å². The number of para-hydroxylation sites is 1. The highest BCUT2D eigenvalue weighted by atomic mass is 35.5. The van der Waals surface area contributed by atoms with Crippen LogP contribution in [-0.2, 0) is 0 Å². The summed E-state index contributed by atoms with van der Waals surface area (Å²) in [7, 11) is 1.82. The van der Waals surface area contributed by atoms with Crippen LogP contribution in [-0.4, -0.2) is 35.7 Å². The minimum atomic E-state index is -0.134. The van der Waals surface area contributed by atoms with Crippen molar-refractivity contribution in [2.45, 2.75) is 31.7 Å². The summed E-state index contributed by atoms with van der Waals surface area (Å²) in [4.78, 5) is 14.0. The highest BCUT2D eigenvalue weighted by molar-refractivity contribution is 6.33. The van der Waals surface area contributed by atoms with Crippen LogP contribution < -0.4 is 5.32 Å². The first-order valence-corrected chi connectivity index (χ1v) is 7.38. The van der Waals surface area contributed by atoms with Gasteiger partial charge in [0.05, 0.1) is 10.7 Å². The molecule has 0 spiro atoms. The molecule has 1 aromatic carbocycles. The first-order chi connectivity index (χ1) is 9.61. The second-order valence-electron chi connectivity index (χ2n) is 5.38. The molecule has 0 aromatic heterocycles. The van der Waals surface area contributed by atoms with Crippen LogP contribution in [0, 0.1) is 5.92 Å². The predicted octanol–water partition coefficient (Wildman–Crippen LogP) is 3.35. The van der Waals surface area contributed by atoms with Gasteiger partial charge in [0.15, 0.2) is 0 Å². The second-order valence-corrected chi connectivity index (χ2v) is 5.79. The number of rotatable bonds is 3. The fourth-order valence-electron chi connectivity index (χ4n) is 2.65. The largest absolute Gasteiger partial charge is 0.396 e. The van der Waals surface area contributed by atoms with Crippen molar-refractivity contribution in [1.82, 2.24) is 4.90 Å². The molecule has 2 rings (SSSR count). The van der Waals surface area contributed by atoms with Crippen LogP contribution in [0.1, 0.15) is 25.7 Å². The smallest absolute Gasteiger partial charge is 0.321 e. The SMILES string of the molecule is CN(C(=O)Nc1ccccc1Cl)C1CCC(CO)CC1. The van der Waals surface area contributed by atoms with Crippen molar-refractivity contribution in [2.75, 3.05) is 19.0 Å². The zero-order chi connectivity index (χ0) is 14.5. The molecular weight excluding hydrogens is 276 g/mol. The molecule has 0 unspecified atom stereocenters. The van der Waals surface area contributed by atoms with E-state index in [4.69, 9.17) is 16.7 Å². The van der Waals surface area contributed by atoms with Crippen LogP contribution in [0.3, 0.4) is 0 Å². The number of nitrogens with one attached hydrogen (secondary N) is 1. The van der Waals surface area contributed by atoms with Gasteiger partial charge < -0.3 is 15.3 Å². The van der Waals surface area contributed by atoms with Crippen molar-refractivity contribution >= 4 is 23.3 Å². The van der Waals surface area contributed by atoms with E-state index >= 15 is 0 Å². The second kappa shape index (κ2) is 6.95. The van der Waals surface area contributed by atoms with E-state index in [1.54, 1.807) is 17.0 Å². The molecule has 1 aromatic rings. The number of benzene rings is 1.